The molecule has 2 rings (SSSR count). The largest absolute Gasteiger partial charge is 0.444 e. The van der Waals surface area contributed by atoms with Gasteiger partial charge in [-0.3, -0.25) is 4.79 Å². The number of benzene rings is 1. The molecule has 0 saturated carbocycles. The van der Waals surface area contributed by atoms with Crippen molar-refractivity contribution in [2.24, 2.45) is 11.7 Å². The van der Waals surface area contributed by atoms with Gasteiger partial charge in [0.2, 0.25) is 5.91 Å². The van der Waals surface area contributed by atoms with E-state index in [2.05, 4.69) is 0 Å². The zero-order chi connectivity index (χ0) is 19.1. The summed E-state index contributed by atoms with van der Waals surface area (Å²) in [7, 11) is 1.48. The molecule has 1 aliphatic heterocycles. The fraction of sp³-hybridized carbons (Fsp3) is 0.579. The summed E-state index contributed by atoms with van der Waals surface area (Å²) in [5.41, 5.74) is 6.88. The normalized spacial score (nSPS) is 20.8. The lowest BCUT2D eigenvalue weighted by molar-refractivity contribution is -0.146. The van der Waals surface area contributed by atoms with Crippen molar-refractivity contribution in [1.82, 2.24) is 4.90 Å². The number of ether oxygens (including phenoxy) is 3. The molecule has 1 aromatic carbocycles. The Balaban J connectivity index is 2.13. The second kappa shape index (κ2) is 9.66. The van der Waals surface area contributed by atoms with Gasteiger partial charge in [0, 0.05) is 7.11 Å². The van der Waals surface area contributed by atoms with Crippen molar-refractivity contribution in [3.63, 3.8) is 0 Å². The van der Waals surface area contributed by atoms with Gasteiger partial charge in [-0.25, -0.2) is 9.69 Å². The number of nitrogens with two attached hydrogens (primary N) is 1. The monoisotopic (exact) mass is 364 g/mol. The quantitative estimate of drug-likeness (QED) is 0.798. The highest BCUT2D eigenvalue weighted by Gasteiger charge is 2.42. The van der Waals surface area contributed by atoms with Crippen LogP contribution in [-0.2, 0) is 25.6 Å². The van der Waals surface area contributed by atoms with Crippen molar-refractivity contribution in [1.29, 1.82) is 0 Å². The first-order chi connectivity index (χ1) is 12.4. The van der Waals surface area contributed by atoms with E-state index in [0.717, 1.165) is 10.5 Å². The van der Waals surface area contributed by atoms with Crippen LogP contribution >= 0.6 is 0 Å². The van der Waals surface area contributed by atoms with Gasteiger partial charge in [-0.15, -0.1) is 0 Å². The lowest BCUT2D eigenvalue weighted by Gasteiger charge is -2.31. The summed E-state index contributed by atoms with van der Waals surface area (Å²) in [4.78, 5) is 26.7. The molecule has 0 spiro atoms. The van der Waals surface area contributed by atoms with Gasteiger partial charge in [0.05, 0.1) is 18.7 Å². The van der Waals surface area contributed by atoms with E-state index in [-0.39, 0.29) is 12.5 Å². The summed E-state index contributed by atoms with van der Waals surface area (Å²) >= 11 is 0. The van der Waals surface area contributed by atoms with E-state index in [1.165, 1.54) is 7.11 Å². The molecule has 1 aliphatic rings. The molecule has 0 radical (unpaired) electrons. The molecule has 2 amide bonds. The van der Waals surface area contributed by atoms with E-state index in [9.17, 15) is 9.59 Å². The molecular formula is C19H28N2O5. The highest BCUT2D eigenvalue weighted by atomic mass is 16.7. The van der Waals surface area contributed by atoms with E-state index in [1.807, 2.05) is 44.2 Å². The number of hydrogen-bond acceptors (Lipinski definition) is 6. The molecule has 1 heterocycles. The van der Waals surface area contributed by atoms with Crippen molar-refractivity contribution >= 4 is 12.0 Å². The number of nitrogens with zero attached hydrogens (tertiary/aromatic N) is 1. The summed E-state index contributed by atoms with van der Waals surface area (Å²) in [6.07, 6.45) is -0.434. The highest BCUT2D eigenvalue weighted by molar-refractivity contribution is 5.95. The summed E-state index contributed by atoms with van der Waals surface area (Å²) in [5.74, 6) is -0.233. The van der Waals surface area contributed by atoms with Gasteiger partial charge >= 0.3 is 6.09 Å². The van der Waals surface area contributed by atoms with Crippen LogP contribution in [0.15, 0.2) is 30.3 Å². The van der Waals surface area contributed by atoms with Crippen LogP contribution in [0, 0.1) is 5.92 Å². The van der Waals surface area contributed by atoms with Crippen LogP contribution in [0.1, 0.15) is 32.3 Å². The average Bonchev–Trinajstić information content (AvgIpc) is 3.08. The molecule has 1 unspecified atom stereocenters. The molecule has 2 N–H and O–H groups in total. The topological polar surface area (TPSA) is 91.1 Å². The number of carbonyl (C=O) groups excluding carboxylic acids is 2. The number of carbonyl (C=O) groups is 2. The van der Waals surface area contributed by atoms with Gasteiger partial charge in [0.15, 0.2) is 6.29 Å². The Morgan fingerprint density at radius 1 is 1.31 bits per heavy atom. The lowest BCUT2D eigenvalue weighted by Crippen LogP contribution is -2.54. The van der Waals surface area contributed by atoms with Gasteiger partial charge < -0.3 is 19.9 Å². The molecule has 1 aromatic rings. The molecule has 7 heteroatoms. The Morgan fingerprint density at radius 3 is 2.62 bits per heavy atom. The number of methoxy groups -OCH3 is 1. The molecule has 26 heavy (non-hydrogen) atoms. The Kier molecular flexibility index (Phi) is 7.56. The minimum absolute atomic E-state index is 0.0775. The van der Waals surface area contributed by atoms with Crippen LogP contribution in [0.5, 0.6) is 0 Å². The Labute approximate surface area is 154 Å². The van der Waals surface area contributed by atoms with Crippen LogP contribution < -0.4 is 5.73 Å². The molecule has 3 atom stereocenters. The second-order valence-electron chi connectivity index (χ2n) is 6.82. The minimum Gasteiger partial charge on any atom is -0.444 e. The Bertz CT molecular complexity index is 593. The molecule has 0 aromatic heterocycles. The highest BCUT2D eigenvalue weighted by Crippen LogP contribution is 2.23. The van der Waals surface area contributed by atoms with Gasteiger partial charge in [0.25, 0.3) is 0 Å². The summed E-state index contributed by atoms with van der Waals surface area (Å²) < 4.78 is 16.1. The summed E-state index contributed by atoms with van der Waals surface area (Å²) in [5, 5.41) is 0. The second-order valence-corrected chi connectivity index (χ2v) is 6.82. The van der Waals surface area contributed by atoms with Crippen molar-refractivity contribution in [3.05, 3.63) is 35.9 Å². The Morgan fingerprint density at radius 2 is 2.00 bits per heavy atom. The predicted octanol–water partition coefficient (Wildman–Crippen LogP) is 2.29. The van der Waals surface area contributed by atoms with Crippen LogP contribution in [-0.4, -0.2) is 49.0 Å². The zero-order valence-corrected chi connectivity index (χ0v) is 15.6. The third kappa shape index (κ3) is 5.27. The molecule has 0 bridgehead atoms. The first-order valence-corrected chi connectivity index (χ1v) is 8.87. The van der Waals surface area contributed by atoms with E-state index in [4.69, 9.17) is 19.9 Å². The van der Waals surface area contributed by atoms with Gasteiger partial charge in [-0.05, 0) is 24.3 Å². The first kappa shape index (κ1) is 20.4. The smallest absolute Gasteiger partial charge is 0.417 e. The van der Waals surface area contributed by atoms with Crippen molar-refractivity contribution in [3.8, 4) is 0 Å². The van der Waals surface area contributed by atoms with Gasteiger partial charge in [-0.1, -0.05) is 44.2 Å². The van der Waals surface area contributed by atoms with Crippen LogP contribution in [0.4, 0.5) is 4.79 Å². The maximum absolute atomic E-state index is 12.9. The van der Waals surface area contributed by atoms with Crippen LogP contribution in [0.25, 0.3) is 0 Å². The minimum atomic E-state index is -0.780. The lowest BCUT2D eigenvalue weighted by atomic mass is 10.0. The van der Waals surface area contributed by atoms with E-state index in [1.54, 1.807) is 0 Å². The number of hydrogen-bond donors (Lipinski definition) is 1. The van der Waals surface area contributed by atoms with E-state index < -0.39 is 30.4 Å². The standard InChI is InChI=1S/C19H28N2O5/c1-13(2)11-15(20)17(22)21(16-9-10-25-18(16)24-3)19(23)26-12-14-7-5-4-6-8-14/h4-8,13,15-16,18H,9-12,20H2,1-3H3/t15-,16-,18?/m0/s1. The Hall–Kier alpha value is -1.96. The van der Waals surface area contributed by atoms with Crippen LogP contribution in [0.3, 0.4) is 0 Å². The van der Waals surface area contributed by atoms with Gasteiger partial charge in [0.1, 0.15) is 6.61 Å². The van der Waals surface area contributed by atoms with Crippen LogP contribution in [0.2, 0.25) is 0 Å². The maximum Gasteiger partial charge on any atom is 0.417 e. The third-order valence-corrected chi connectivity index (χ3v) is 4.26. The SMILES string of the molecule is COC1OCC[C@@H]1N(C(=O)OCc1ccccc1)C(=O)[C@@H](N)CC(C)C. The number of rotatable bonds is 7. The van der Waals surface area contributed by atoms with E-state index >= 15 is 0 Å². The number of imide groups is 1. The molecule has 1 saturated heterocycles. The fourth-order valence-electron chi connectivity index (χ4n) is 2.99. The fourth-order valence-corrected chi connectivity index (χ4v) is 2.99. The van der Waals surface area contributed by atoms with Gasteiger partial charge in [-0.2, -0.15) is 0 Å². The van der Waals surface area contributed by atoms with Crippen molar-refractivity contribution in [2.75, 3.05) is 13.7 Å². The zero-order valence-electron chi connectivity index (χ0n) is 15.6. The molecule has 144 valence electrons. The molecular weight excluding hydrogens is 336 g/mol. The third-order valence-electron chi connectivity index (χ3n) is 4.26. The van der Waals surface area contributed by atoms with Crippen molar-refractivity contribution in [2.45, 2.75) is 51.7 Å². The summed E-state index contributed by atoms with van der Waals surface area (Å²) in [6.45, 7) is 4.43. The summed E-state index contributed by atoms with van der Waals surface area (Å²) in [6, 6.07) is 7.96. The average molecular weight is 364 g/mol. The number of amides is 2. The van der Waals surface area contributed by atoms with E-state index in [0.29, 0.717) is 19.4 Å². The predicted molar refractivity (Wildman–Crippen MR) is 96.1 cm³/mol. The van der Waals surface area contributed by atoms with Crippen molar-refractivity contribution < 1.29 is 23.8 Å². The molecule has 1 fully saturated rings. The molecule has 0 aliphatic carbocycles. The molecule has 7 nitrogen and oxygen atoms in total. The first-order valence-electron chi connectivity index (χ1n) is 8.87. The maximum atomic E-state index is 12.9.